The zero-order valence-corrected chi connectivity index (χ0v) is 13.3. The highest BCUT2D eigenvalue weighted by Gasteiger charge is 2.44. The molecule has 2 aliphatic rings. The molecule has 1 aromatic rings. The van der Waals surface area contributed by atoms with Crippen LogP contribution in [-0.4, -0.2) is 52.8 Å². The molecular formula is C17H20N2O4. The Labute approximate surface area is 135 Å². The van der Waals surface area contributed by atoms with Gasteiger partial charge in [0.05, 0.1) is 12.6 Å². The van der Waals surface area contributed by atoms with E-state index in [4.69, 9.17) is 4.74 Å². The van der Waals surface area contributed by atoms with Crippen molar-refractivity contribution in [2.75, 3.05) is 13.1 Å². The quantitative estimate of drug-likeness (QED) is 0.595. The van der Waals surface area contributed by atoms with E-state index >= 15 is 0 Å². The number of hydrogen-bond donors (Lipinski definition) is 0. The highest BCUT2D eigenvalue weighted by Crippen LogP contribution is 2.30. The molecule has 0 bridgehead atoms. The molecule has 1 saturated carbocycles. The van der Waals surface area contributed by atoms with Crippen molar-refractivity contribution in [3.05, 3.63) is 29.8 Å². The molecule has 122 valence electrons. The number of ketones is 1. The standard InChI is InChI=1S/C17H20N2O4/c1-11(2)23-14-7-3-12(4-8-14)15(20)9-19-16(21)10-18(17(19)22)13-5-6-13/h3-4,7-8,11,13H,5-6,9-10H2,1-2H3. The fourth-order valence-electron chi connectivity index (χ4n) is 2.61. The Morgan fingerprint density at radius 1 is 1.22 bits per heavy atom. The van der Waals surface area contributed by atoms with Gasteiger partial charge in [-0.3, -0.25) is 14.5 Å². The van der Waals surface area contributed by atoms with Crippen LogP contribution >= 0.6 is 0 Å². The monoisotopic (exact) mass is 316 g/mol. The summed E-state index contributed by atoms with van der Waals surface area (Å²) in [6, 6.07) is 6.59. The van der Waals surface area contributed by atoms with Gasteiger partial charge in [0.2, 0.25) is 0 Å². The summed E-state index contributed by atoms with van der Waals surface area (Å²) in [5, 5.41) is 0. The van der Waals surface area contributed by atoms with Crippen LogP contribution in [0.15, 0.2) is 24.3 Å². The molecular weight excluding hydrogens is 296 g/mol. The Kier molecular flexibility index (Phi) is 4.07. The van der Waals surface area contributed by atoms with Gasteiger partial charge >= 0.3 is 6.03 Å². The number of benzene rings is 1. The summed E-state index contributed by atoms with van der Waals surface area (Å²) in [7, 11) is 0. The van der Waals surface area contributed by atoms with Gasteiger partial charge in [-0.15, -0.1) is 0 Å². The molecule has 0 unspecified atom stereocenters. The molecule has 6 nitrogen and oxygen atoms in total. The Morgan fingerprint density at radius 3 is 2.43 bits per heavy atom. The molecule has 1 aliphatic carbocycles. The van der Waals surface area contributed by atoms with E-state index in [9.17, 15) is 14.4 Å². The fraction of sp³-hybridized carbons (Fsp3) is 0.471. The second kappa shape index (κ2) is 6.02. The van der Waals surface area contributed by atoms with Crippen molar-refractivity contribution in [1.29, 1.82) is 0 Å². The minimum absolute atomic E-state index is 0.0600. The number of carbonyl (C=O) groups is 3. The van der Waals surface area contributed by atoms with Crippen LogP contribution in [0, 0.1) is 0 Å². The van der Waals surface area contributed by atoms with Crippen LogP contribution in [0.1, 0.15) is 37.0 Å². The molecule has 0 spiro atoms. The van der Waals surface area contributed by atoms with E-state index in [1.165, 1.54) is 0 Å². The number of ether oxygens (including phenoxy) is 1. The van der Waals surface area contributed by atoms with Crippen LogP contribution in [0.2, 0.25) is 0 Å². The second-order valence-corrected chi connectivity index (χ2v) is 6.24. The van der Waals surface area contributed by atoms with Crippen molar-refractivity contribution in [3.8, 4) is 5.75 Å². The Morgan fingerprint density at radius 2 is 1.87 bits per heavy atom. The van der Waals surface area contributed by atoms with E-state index < -0.39 is 0 Å². The second-order valence-electron chi connectivity index (χ2n) is 6.24. The van der Waals surface area contributed by atoms with Crippen LogP contribution in [0.4, 0.5) is 4.79 Å². The molecule has 23 heavy (non-hydrogen) atoms. The van der Waals surface area contributed by atoms with Gasteiger partial charge < -0.3 is 9.64 Å². The lowest BCUT2D eigenvalue weighted by atomic mass is 10.1. The van der Waals surface area contributed by atoms with E-state index in [0.29, 0.717) is 11.3 Å². The number of amides is 3. The van der Waals surface area contributed by atoms with Crippen molar-refractivity contribution in [2.45, 2.75) is 38.8 Å². The van der Waals surface area contributed by atoms with E-state index in [2.05, 4.69) is 0 Å². The minimum Gasteiger partial charge on any atom is -0.491 e. The van der Waals surface area contributed by atoms with Crippen LogP contribution < -0.4 is 4.74 Å². The van der Waals surface area contributed by atoms with Gasteiger partial charge in [0.1, 0.15) is 12.3 Å². The molecule has 0 atom stereocenters. The molecule has 1 aliphatic heterocycles. The molecule has 0 N–H and O–H groups in total. The SMILES string of the molecule is CC(C)Oc1ccc(C(=O)CN2C(=O)CN(C3CC3)C2=O)cc1. The third-order valence-electron chi connectivity index (χ3n) is 3.92. The molecule has 6 heteroatoms. The molecule has 3 amide bonds. The molecule has 0 aromatic heterocycles. The van der Waals surface area contributed by atoms with E-state index in [-0.39, 0.29) is 43.0 Å². The summed E-state index contributed by atoms with van der Waals surface area (Å²) in [5.74, 6) is 0.139. The molecule has 1 heterocycles. The van der Waals surface area contributed by atoms with Gasteiger partial charge in [-0.2, -0.15) is 0 Å². The summed E-state index contributed by atoms with van der Waals surface area (Å²) in [5.41, 5.74) is 0.464. The minimum atomic E-state index is -0.342. The summed E-state index contributed by atoms with van der Waals surface area (Å²) in [4.78, 5) is 39.1. The number of hydrogen-bond acceptors (Lipinski definition) is 4. The van der Waals surface area contributed by atoms with Gasteiger partial charge in [0.25, 0.3) is 5.91 Å². The lowest BCUT2D eigenvalue weighted by molar-refractivity contribution is -0.125. The fourth-order valence-corrected chi connectivity index (χ4v) is 2.61. The average Bonchev–Trinajstić information content (AvgIpc) is 3.30. The number of rotatable bonds is 6. The Bertz CT molecular complexity index is 634. The maximum atomic E-state index is 12.3. The van der Waals surface area contributed by atoms with Gasteiger partial charge in [-0.25, -0.2) is 4.79 Å². The first kappa shape index (κ1) is 15.5. The number of carbonyl (C=O) groups excluding carboxylic acids is 3. The smallest absolute Gasteiger partial charge is 0.327 e. The Hall–Kier alpha value is -2.37. The summed E-state index contributed by atoms with van der Waals surface area (Å²) in [6.07, 6.45) is 1.95. The third kappa shape index (κ3) is 3.36. The Balaban J connectivity index is 1.64. The molecule has 2 fully saturated rings. The zero-order chi connectivity index (χ0) is 16.6. The highest BCUT2D eigenvalue weighted by atomic mass is 16.5. The van der Waals surface area contributed by atoms with Crippen LogP contribution in [0.5, 0.6) is 5.75 Å². The van der Waals surface area contributed by atoms with Gasteiger partial charge in [-0.1, -0.05) is 0 Å². The molecule has 1 aromatic carbocycles. The van der Waals surface area contributed by atoms with E-state index in [1.54, 1.807) is 29.2 Å². The first-order valence-corrected chi connectivity index (χ1v) is 7.86. The first-order valence-electron chi connectivity index (χ1n) is 7.86. The number of nitrogens with zero attached hydrogens (tertiary/aromatic N) is 2. The normalized spacial score (nSPS) is 18.0. The van der Waals surface area contributed by atoms with Crippen LogP contribution in [0.3, 0.4) is 0 Å². The van der Waals surface area contributed by atoms with Gasteiger partial charge in [0, 0.05) is 11.6 Å². The number of Topliss-reactive ketones (excluding diaryl/α,β-unsaturated/α-hetero) is 1. The van der Waals surface area contributed by atoms with Crippen molar-refractivity contribution in [3.63, 3.8) is 0 Å². The van der Waals surface area contributed by atoms with E-state index in [1.807, 2.05) is 13.8 Å². The number of imide groups is 1. The maximum Gasteiger partial charge on any atom is 0.327 e. The van der Waals surface area contributed by atoms with Gasteiger partial charge in [-0.05, 0) is 51.0 Å². The van der Waals surface area contributed by atoms with Gasteiger partial charge in [0.15, 0.2) is 5.78 Å². The van der Waals surface area contributed by atoms with E-state index in [0.717, 1.165) is 17.7 Å². The predicted octanol–water partition coefficient (Wildman–Crippen LogP) is 2.08. The van der Waals surface area contributed by atoms with Crippen molar-refractivity contribution < 1.29 is 19.1 Å². The topological polar surface area (TPSA) is 66.9 Å². The lowest BCUT2D eigenvalue weighted by Gasteiger charge is -2.16. The van der Waals surface area contributed by atoms with Crippen LogP contribution in [-0.2, 0) is 4.79 Å². The largest absolute Gasteiger partial charge is 0.491 e. The molecule has 3 rings (SSSR count). The molecule has 0 radical (unpaired) electrons. The highest BCUT2D eigenvalue weighted by molar-refractivity contribution is 6.08. The van der Waals surface area contributed by atoms with Crippen LogP contribution in [0.25, 0.3) is 0 Å². The summed E-state index contributed by atoms with van der Waals surface area (Å²) in [6.45, 7) is 3.74. The third-order valence-corrected chi connectivity index (χ3v) is 3.92. The van der Waals surface area contributed by atoms with Crippen molar-refractivity contribution in [2.24, 2.45) is 0 Å². The molecule has 1 saturated heterocycles. The number of urea groups is 1. The van der Waals surface area contributed by atoms with Crippen molar-refractivity contribution in [1.82, 2.24) is 9.80 Å². The average molecular weight is 316 g/mol. The summed E-state index contributed by atoms with van der Waals surface area (Å²) < 4.78 is 5.53. The van der Waals surface area contributed by atoms with Crippen molar-refractivity contribution >= 4 is 17.7 Å². The predicted molar refractivity (Wildman–Crippen MR) is 83.4 cm³/mol. The summed E-state index contributed by atoms with van der Waals surface area (Å²) >= 11 is 0. The lowest BCUT2D eigenvalue weighted by Crippen LogP contribution is -2.37. The first-order chi connectivity index (χ1) is 11.0. The zero-order valence-electron chi connectivity index (χ0n) is 13.3. The maximum absolute atomic E-state index is 12.3.